The highest BCUT2D eigenvalue weighted by Crippen LogP contribution is 2.26. The summed E-state index contributed by atoms with van der Waals surface area (Å²) in [5, 5.41) is 0. The molecule has 0 aliphatic heterocycles. The first-order chi connectivity index (χ1) is 7.24. The molecule has 0 fully saturated rings. The first-order valence-corrected chi connectivity index (χ1v) is 6.05. The minimum atomic E-state index is 0.399. The van der Waals surface area contributed by atoms with E-state index in [1.807, 2.05) is 13.0 Å². The maximum Gasteiger partial charge on any atom is 0.145 e. The predicted molar refractivity (Wildman–Crippen MR) is 71.4 cm³/mol. The SMILES string of the molecule is C/C(C=O)=C\C(C)=C\CC(C)CC(C)(C)C. The second-order valence-electron chi connectivity index (χ2n) is 6.06. The summed E-state index contributed by atoms with van der Waals surface area (Å²) >= 11 is 0. The van der Waals surface area contributed by atoms with Gasteiger partial charge in [-0.2, -0.15) is 0 Å². The van der Waals surface area contributed by atoms with E-state index in [-0.39, 0.29) is 0 Å². The van der Waals surface area contributed by atoms with Crippen molar-refractivity contribution in [2.45, 2.75) is 54.4 Å². The van der Waals surface area contributed by atoms with Crippen LogP contribution in [0.15, 0.2) is 23.3 Å². The van der Waals surface area contributed by atoms with Gasteiger partial charge in [-0.05, 0) is 43.6 Å². The van der Waals surface area contributed by atoms with Gasteiger partial charge in [-0.15, -0.1) is 0 Å². The fourth-order valence-electron chi connectivity index (χ4n) is 1.97. The molecule has 0 aromatic rings. The summed E-state index contributed by atoms with van der Waals surface area (Å²) in [5.41, 5.74) is 2.37. The third kappa shape index (κ3) is 8.46. The van der Waals surface area contributed by atoms with Gasteiger partial charge in [0.2, 0.25) is 0 Å². The lowest BCUT2D eigenvalue weighted by atomic mass is 9.84. The molecule has 0 heterocycles. The zero-order valence-corrected chi connectivity index (χ0v) is 11.6. The normalized spacial score (nSPS) is 16.1. The smallest absolute Gasteiger partial charge is 0.145 e. The van der Waals surface area contributed by atoms with Crippen molar-refractivity contribution < 1.29 is 4.79 Å². The number of carbonyl (C=O) groups excluding carboxylic acids is 1. The first kappa shape index (κ1) is 15.2. The van der Waals surface area contributed by atoms with Crippen LogP contribution >= 0.6 is 0 Å². The Balaban J connectivity index is 4.22. The molecular formula is C15H26O. The molecule has 0 amide bonds. The van der Waals surface area contributed by atoms with Gasteiger partial charge in [0.05, 0.1) is 0 Å². The summed E-state index contributed by atoms with van der Waals surface area (Å²) in [6, 6.07) is 0. The highest BCUT2D eigenvalue weighted by molar-refractivity contribution is 5.73. The maximum absolute atomic E-state index is 10.5. The number of rotatable bonds is 5. The van der Waals surface area contributed by atoms with Crippen LogP contribution in [-0.4, -0.2) is 6.29 Å². The lowest BCUT2D eigenvalue weighted by molar-refractivity contribution is -0.104. The van der Waals surface area contributed by atoms with Gasteiger partial charge in [-0.25, -0.2) is 0 Å². The molecule has 0 saturated heterocycles. The van der Waals surface area contributed by atoms with Crippen LogP contribution in [0.2, 0.25) is 0 Å². The van der Waals surface area contributed by atoms with Gasteiger partial charge in [0.1, 0.15) is 6.29 Å². The largest absolute Gasteiger partial charge is 0.298 e. The fraction of sp³-hybridized carbons (Fsp3) is 0.667. The standard InChI is InChI=1S/C15H26O/c1-12(9-14(3)11-16)7-8-13(2)10-15(4,5)6/h7,9,11,13H,8,10H2,1-6H3/b12-7+,14-9+. The average Bonchev–Trinajstić information content (AvgIpc) is 2.12. The Hall–Kier alpha value is -0.850. The number of hydrogen-bond donors (Lipinski definition) is 0. The Morgan fingerprint density at radius 1 is 1.19 bits per heavy atom. The molecule has 1 atom stereocenters. The molecule has 1 heteroatoms. The monoisotopic (exact) mass is 222 g/mol. The Morgan fingerprint density at radius 3 is 2.19 bits per heavy atom. The van der Waals surface area contributed by atoms with Gasteiger partial charge in [0, 0.05) is 0 Å². The Bertz CT molecular complexity index is 276. The van der Waals surface area contributed by atoms with E-state index in [9.17, 15) is 4.79 Å². The number of aldehydes is 1. The van der Waals surface area contributed by atoms with Gasteiger partial charge < -0.3 is 0 Å². The van der Waals surface area contributed by atoms with Gasteiger partial charge >= 0.3 is 0 Å². The Kier molecular flexibility index (Phi) is 6.32. The molecule has 0 aromatic carbocycles. The molecule has 1 unspecified atom stereocenters. The lowest BCUT2D eigenvalue weighted by Gasteiger charge is -2.22. The molecular weight excluding hydrogens is 196 g/mol. The molecule has 0 N–H and O–H groups in total. The maximum atomic E-state index is 10.5. The van der Waals surface area contributed by atoms with Gasteiger partial charge in [-0.1, -0.05) is 45.4 Å². The second kappa shape index (κ2) is 6.67. The number of carbonyl (C=O) groups is 1. The van der Waals surface area contributed by atoms with Gasteiger partial charge in [0.15, 0.2) is 0 Å². The van der Waals surface area contributed by atoms with Crippen molar-refractivity contribution in [2.24, 2.45) is 11.3 Å². The van der Waals surface area contributed by atoms with E-state index < -0.39 is 0 Å². The number of hydrogen-bond acceptors (Lipinski definition) is 1. The molecule has 0 bridgehead atoms. The highest BCUT2D eigenvalue weighted by atomic mass is 16.1. The summed E-state index contributed by atoms with van der Waals surface area (Å²) in [6.45, 7) is 13.0. The van der Waals surface area contributed by atoms with Crippen molar-refractivity contribution in [2.75, 3.05) is 0 Å². The van der Waals surface area contributed by atoms with E-state index in [4.69, 9.17) is 0 Å². The summed E-state index contributed by atoms with van der Waals surface area (Å²) in [5.74, 6) is 0.694. The average molecular weight is 222 g/mol. The minimum absolute atomic E-state index is 0.399. The van der Waals surface area contributed by atoms with Crippen LogP contribution in [0.3, 0.4) is 0 Å². The van der Waals surface area contributed by atoms with Crippen LogP contribution < -0.4 is 0 Å². The van der Waals surface area contributed by atoms with E-state index in [0.29, 0.717) is 11.3 Å². The zero-order valence-electron chi connectivity index (χ0n) is 11.6. The zero-order chi connectivity index (χ0) is 12.8. The molecule has 16 heavy (non-hydrogen) atoms. The molecule has 0 spiro atoms. The molecule has 1 nitrogen and oxygen atoms in total. The molecule has 0 saturated carbocycles. The van der Waals surface area contributed by atoms with Crippen LogP contribution in [-0.2, 0) is 4.79 Å². The van der Waals surface area contributed by atoms with E-state index >= 15 is 0 Å². The third-order valence-corrected chi connectivity index (χ3v) is 2.44. The second-order valence-corrected chi connectivity index (χ2v) is 6.06. The summed E-state index contributed by atoms with van der Waals surface area (Å²) < 4.78 is 0. The van der Waals surface area contributed by atoms with E-state index in [1.165, 1.54) is 12.0 Å². The lowest BCUT2D eigenvalue weighted by Crippen LogP contribution is -2.10. The van der Waals surface area contributed by atoms with Crippen LogP contribution in [0.1, 0.15) is 54.4 Å². The minimum Gasteiger partial charge on any atom is -0.298 e. The molecule has 0 aliphatic carbocycles. The molecule has 0 aliphatic rings. The van der Waals surface area contributed by atoms with E-state index in [2.05, 4.69) is 40.7 Å². The molecule has 92 valence electrons. The van der Waals surface area contributed by atoms with Crippen molar-refractivity contribution in [3.8, 4) is 0 Å². The third-order valence-electron chi connectivity index (χ3n) is 2.44. The van der Waals surface area contributed by atoms with Gasteiger partial charge in [-0.3, -0.25) is 4.79 Å². The van der Waals surface area contributed by atoms with Crippen LogP contribution in [0, 0.1) is 11.3 Å². The fourth-order valence-corrected chi connectivity index (χ4v) is 1.97. The van der Waals surface area contributed by atoms with Gasteiger partial charge in [0.25, 0.3) is 0 Å². The summed E-state index contributed by atoms with van der Waals surface area (Å²) in [4.78, 5) is 10.5. The summed E-state index contributed by atoms with van der Waals surface area (Å²) in [7, 11) is 0. The predicted octanol–water partition coefficient (Wildman–Crippen LogP) is 4.54. The van der Waals surface area contributed by atoms with Crippen LogP contribution in [0.4, 0.5) is 0 Å². The topological polar surface area (TPSA) is 17.1 Å². The van der Waals surface area contributed by atoms with Crippen molar-refractivity contribution >= 4 is 6.29 Å². The Morgan fingerprint density at radius 2 is 1.75 bits per heavy atom. The van der Waals surface area contributed by atoms with Crippen molar-refractivity contribution in [3.63, 3.8) is 0 Å². The first-order valence-electron chi connectivity index (χ1n) is 6.05. The molecule has 0 rings (SSSR count). The van der Waals surface area contributed by atoms with E-state index in [1.54, 1.807) is 0 Å². The molecule has 0 aromatic heterocycles. The number of allylic oxidation sites excluding steroid dienone is 4. The van der Waals surface area contributed by atoms with Crippen LogP contribution in [0.25, 0.3) is 0 Å². The quantitative estimate of drug-likeness (QED) is 0.379. The highest BCUT2D eigenvalue weighted by Gasteiger charge is 2.14. The summed E-state index contributed by atoms with van der Waals surface area (Å²) in [6.07, 6.45) is 7.38. The van der Waals surface area contributed by atoms with Crippen molar-refractivity contribution in [1.29, 1.82) is 0 Å². The van der Waals surface area contributed by atoms with Crippen molar-refractivity contribution in [1.82, 2.24) is 0 Å². The molecule has 0 radical (unpaired) electrons. The Labute approximate surface area is 101 Å². The van der Waals surface area contributed by atoms with Crippen molar-refractivity contribution in [3.05, 3.63) is 23.3 Å². The van der Waals surface area contributed by atoms with Crippen LogP contribution in [0.5, 0.6) is 0 Å². The van der Waals surface area contributed by atoms with E-state index in [0.717, 1.165) is 18.3 Å².